The molecule has 1 aliphatic heterocycles. The summed E-state index contributed by atoms with van der Waals surface area (Å²) in [6.07, 6.45) is 0.683. The molecule has 0 amide bonds. The van der Waals surface area contributed by atoms with Gasteiger partial charge in [0, 0.05) is 38.2 Å². The Bertz CT molecular complexity index is 557. The van der Waals surface area contributed by atoms with Crippen LogP contribution in [0, 0.1) is 6.92 Å². The van der Waals surface area contributed by atoms with Gasteiger partial charge in [0.05, 0.1) is 23.8 Å². The van der Waals surface area contributed by atoms with Gasteiger partial charge in [-0.05, 0) is 13.3 Å². The molecule has 6 nitrogen and oxygen atoms in total. The summed E-state index contributed by atoms with van der Waals surface area (Å²) < 4.78 is 28.3. The Hall–Kier alpha value is -0.700. The van der Waals surface area contributed by atoms with E-state index in [4.69, 9.17) is 4.74 Å². The lowest BCUT2D eigenvalue weighted by atomic mass is 10.4. The lowest BCUT2D eigenvalue weighted by Crippen LogP contribution is -2.26. The molecule has 0 aromatic carbocycles. The predicted octanol–water partition coefficient (Wildman–Crippen LogP) is 0.812. The van der Waals surface area contributed by atoms with E-state index >= 15 is 0 Å². The van der Waals surface area contributed by atoms with Gasteiger partial charge in [-0.15, -0.1) is 11.3 Å². The number of hydrogen-bond acceptors (Lipinski definition) is 7. The highest BCUT2D eigenvalue weighted by Gasteiger charge is 2.21. The number of anilines is 1. The van der Waals surface area contributed by atoms with Crippen molar-refractivity contribution in [2.45, 2.75) is 19.9 Å². The van der Waals surface area contributed by atoms with Crippen LogP contribution in [0.3, 0.4) is 0 Å². The van der Waals surface area contributed by atoms with Gasteiger partial charge in [-0.3, -0.25) is 0 Å². The molecule has 0 saturated carbocycles. The van der Waals surface area contributed by atoms with E-state index in [9.17, 15) is 8.42 Å². The molecule has 21 heavy (non-hydrogen) atoms. The monoisotopic (exact) mass is 333 g/mol. The highest BCUT2D eigenvalue weighted by atomic mass is 32.2. The molecule has 0 spiro atoms. The van der Waals surface area contributed by atoms with E-state index in [-0.39, 0.29) is 5.75 Å². The van der Waals surface area contributed by atoms with Gasteiger partial charge in [0.25, 0.3) is 0 Å². The van der Waals surface area contributed by atoms with Gasteiger partial charge >= 0.3 is 0 Å². The average Bonchev–Trinajstić information content (AvgIpc) is 2.69. The fourth-order valence-electron chi connectivity index (χ4n) is 2.22. The van der Waals surface area contributed by atoms with Crippen LogP contribution in [-0.4, -0.2) is 58.3 Å². The van der Waals surface area contributed by atoms with Gasteiger partial charge in [-0.2, -0.15) is 0 Å². The predicted molar refractivity (Wildman–Crippen MR) is 85.9 cm³/mol. The minimum Gasteiger partial charge on any atom is -0.383 e. The van der Waals surface area contributed by atoms with Crippen LogP contribution in [0.15, 0.2) is 0 Å². The molecule has 1 N–H and O–H groups in total. The Balaban J connectivity index is 1.97. The number of nitrogens with zero attached hydrogens (tertiary/aromatic N) is 2. The smallest absolute Gasteiger partial charge is 0.185 e. The van der Waals surface area contributed by atoms with Crippen molar-refractivity contribution in [1.82, 2.24) is 10.3 Å². The van der Waals surface area contributed by atoms with Crippen molar-refractivity contribution >= 4 is 26.3 Å². The van der Waals surface area contributed by atoms with Gasteiger partial charge in [0.1, 0.15) is 0 Å². The molecule has 0 unspecified atom stereocenters. The molecule has 2 heterocycles. The summed E-state index contributed by atoms with van der Waals surface area (Å²) in [5.74, 6) is 0.520. The molecule has 1 fully saturated rings. The molecule has 0 atom stereocenters. The molecule has 0 radical (unpaired) electrons. The Labute approximate surface area is 130 Å². The average molecular weight is 333 g/mol. The number of sulfone groups is 1. The van der Waals surface area contributed by atoms with Gasteiger partial charge in [0.15, 0.2) is 15.0 Å². The van der Waals surface area contributed by atoms with E-state index in [2.05, 4.69) is 15.2 Å². The highest BCUT2D eigenvalue weighted by molar-refractivity contribution is 7.91. The van der Waals surface area contributed by atoms with Gasteiger partial charge < -0.3 is 15.0 Å². The first-order valence-electron chi connectivity index (χ1n) is 7.13. The number of methoxy groups -OCH3 is 1. The zero-order valence-electron chi connectivity index (χ0n) is 12.6. The maximum atomic E-state index is 11.7. The van der Waals surface area contributed by atoms with Crippen LogP contribution in [0.4, 0.5) is 5.13 Å². The topological polar surface area (TPSA) is 71.5 Å². The molecule has 0 aliphatic carbocycles. The third-order valence-corrected chi connectivity index (χ3v) is 6.41. The third-order valence-electron chi connectivity index (χ3n) is 3.48. The number of ether oxygens (including phenoxy) is 1. The third kappa shape index (κ3) is 4.91. The number of thiazole rings is 1. The number of aromatic nitrogens is 1. The standard InChI is InChI=1S/C13H23N3O3S2/c1-11-12(10-14-4-7-19-2)20-13(15-11)16-5-3-8-21(17,18)9-6-16/h14H,3-10H2,1-2H3. The maximum absolute atomic E-state index is 11.7. The summed E-state index contributed by atoms with van der Waals surface area (Å²) in [4.78, 5) is 7.90. The second kappa shape index (κ2) is 7.53. The molecule has 1 aromatic heterocycles. The SMILES string of the molecule is COCCNCc1sc(N2CCCS(=O)(=O)CC2)nc1C. The van der Waals surface area contributed by atoms with E-state index in [1.165, 1.54) is 4.88 Å². The Morgan fingerprint density at radius 2 is 2.19 bits per heavy atom. The molecule has 120 valence electrons. The van der Waals surface area contributed by atoms with Crippen molar-refractivity contribution in [2.75, 3.05) is 49.8 Å². The van der Waals surface area contributed by atoms with Crippen LogP contribution in [0.25, 0.3) is 0 Å². The maximum Gasteiger partial charge on any atom is 0.185 e. The van der Waals surface area contributed by atoms with Crippen molar-refractivity contribution in [3.63, 3.8) is 0 Å². The van der Waals surface area contributed by atoms with Crippen LogP contribution in [0.1, 0.15) is 17.0 Å². The van der Waals surface area contributed by atoms with Gasteiger partial charge in [-0.25, -0.2) is 13.4 Å². The zero-order valence-corrected chi connectivity index (χ0v) is 14.2. The first-order valence-corrected chi connectivity index (χ1v) is 9.77. The quantitative estimate of drug-likeness (QED) is 0.777. The fraction of sp³-hybridized carbons (Fsp3) is 0.769. The van der Waals surface area contributed by atoms with Crippen LogP contribution in [0.5, 0.6) is 0 Å². The normalized spacial score (nSPS) is 18.7. The first-order chi connectivity index (χ1) is 10.0. The minimum absolute atomic E-state index is 0.229. The van der Waals surface area contributed by atoms with E-state index in [0.29, 0.717) is 25.3 Å². The number of rotatable bonds is 6. The summed E-state index contributed by atoms with van der Waals surface area (Å²) in [5, 5.41) is 4.25. The van der Waals surface area contributed by atoms with Gasteiger partial charge in [-0.1, -0.05) is 0 Å². The molecule has 1 saturated heterocycles. The Morgan fingerprint density at radius 1 is 1.38 bits per heavy atom. The second-order valence-electron chi connectivity index (χ2n) is 5.17. The Morgan fingerprint density at radius 3 is 2.95 bits per heavy atom. The molecule has 1 aromatic rings. The molecular formula is C13H23N3O3S2. The van der Waals surface area contributed by atoms with E-state index in [1.54, 1.807) is 18.4 Å². The Kier molecular flexibility index (Phi) is 5.98. The van der Waals surface area contributed by atoms with Crippen molar-refractivity contribution in [2.24, 2.45) is 0 Å². The molecule has 2 rings (SSSR count). The number of aryl methyl sites for hydroxylation is 1. The second-order valence-corrected chi connectivity index (χ2v) is 8.53. The van der Waals surface area contributed by atoms with E-state index in [0.717, 1.165) is 30.5 Å². The summed E-state index contributed by atoms with van der Waals surface area (Å²) in [6, 6.07) is 0. The van der Waals surface area contributed by atoms with E-state index < -0.39 is 9.84 Å². The van der Waals surface area contributed by atoms with Crippen molar-refractivity contribution < 1.29 is 13.2 Å². The van der Waals surface area contributed by atoms with Crippen molar-refractivity contribution in [3.8, 4) is 0 Å². The number of nitrogens with one attached hydrogen (secondary N) is 1. The highest BCUT2D eigenvalue weighted by Crippen LogP contribution is 2.27. The lowest BCUT2D eigenvalue weighted by Gasteiger charge is -2.17. The number of hydrogen-bond donors (Lipinski definition) is 1. The molecular weight excluding hydrogens is 310 g/mol. The minimum atomic E-state index is -2.88. The van der Waals surface area contributed by atoms with Crippen molar-refractivity contribution in [3.05, 3.63) is 10.6 Å². The zero-order chi connectivity index (χ0) is 15.3. The van der Waals surface area contributed by atoms with E-state index in [1.807, 2.05) is 6.92 Å². The van der Waals surface area contributed by atoms with Crippen LogP contribution in [-0.2, 0) is 21.1 Å². The summed E-state index contributed by atoms with van der Waals surface area (Å²) >= 11 is 1.65. The molecule has 1 aliphatic rings. The first kappa shape index (κ1) is 16.7. The van der Waals surface area contributed by atoms with Crippen LogP contribution >= 0.6 is 11.3 Å². The van der Waals surface area contributed by atoms with Crippen LogP contribution in [0.2, 0.25) is 0 Å². The fourth-order valence-corrected chi connectivity index (χ4v) is 4.57. The molecule has 8 heteroatoms. The summed E-state index contributed by atoms with van der Waals surface area (Å²) in [6.45, 7) is 5.59. The van der Waals surface area contributed by atoms with Crippen molar-refractivity contribution in [1.29, 1.82) is 0 Å². The van der Waals surface area contributed by atoms with Crippen LogP contribution < -0.4 is 10.2 Å². The summed E-state index contributed by atoms with van der Waals surface area (Å²) in [5.41, 5.74) is 1.02. The van der Waals surface area contributed by atoms with Gasteiger partial charge in [0.2, 0.25) is 0 Å². The largest absolute Gasteiger partial charge is 0.383 e. The summed E-state index contributed by atoms with van der Waals surface area (Å²) in [7, 11) is -1.19. The lowest BCUT2D eigenvalue weighted by molar-refractivity contribution is 0.199. The molecule has 0 bridgehead atoms.